The van der Waals surface area contributed by atoms with Gasteiger partial charge in [-0.15, -0.1) is 24.0 Å². The van der Waals surface area contributed by atoms with Gasteiger partial charge in [0, 0.05) is 26.2 Å². The van der Waals surface area contributed by atoms with Crippen molar-refractivity contribution in [2.75, 3.05) is 39.4 Å². The third-order valence-corrected chi connectivity index (χ3v) is 4.02. The topological polar surface area (TPSA) is 62.9 Å². The summed E-state index contributed by atoms with van der Waals surface area (Å²) in [6.07, 6.45) is 0. The summed E-state index contributed by atoms with van der Waals surface area (Å²) >= 11 is 0. The molecule has 0 radical (unpaired) electrons. The summed E-state index contributed by atoms with van der Waals surface area (Å²) in [4.78, 5) is 6.85. The van der Waals surface area contributed by atoms with Gasteiger partial charge in [0.2, 0.25) is 0 Å². The molecular formula is C18H31IN4O. The van der Waals surface area contributed by atoms with Crippen LogP contribution < -0.4 is 11.1 Å². The monoisotopic (exact) mass is 446 g/mol. The normalized spacial score (nSPS) is 17.4. The zero-order valence-electron chi connectivity index (χ0n) is 15.0. The molecule has 0 bridgehead atoms. The number of nitrogens with zero attached hydrogens (tertiary/aromatic N) is 2. The molecule has 1 saturated heterocycles. The molecule has 0 aromatic heterocycles. The average molecular weight is 446 g/mol. The highest BCUT2D eigenvalue weighted by Gasteiger charge is 2.22. The Kier molecular flexibility index (Phi) is 9.61. The molecule has 1 aliphatic rings. The summed E-state index contributed by atoms with van der Waals surface area (Å²) in [5.74, 6) is 1.05. The molecule has 0 spiro atoms. The van der Waals surface area contributed by atoms with E-state index in [-0.39, 0.29) is 30.0 Å². The average Bonchev–Trinajstić information content (AvgIpc) is 2.54. The van der Waals surface area contributed by atoms with E-state index in [1.165, 1.54) is 11.1 Å². The van der Waals surface area contributed by atoms with E-state index in [0.29, 0.717) is 11.9 Å². The van der Waals surface area contributed by atoms with Gasteiger partial charge in [0.15, 0.2) is 5.96 Å². The minimum Gasteiger partial charge on any atom is -0.379 e. The highest BCUT2D eigenvalue weighted by molar-refractivity contribution is 14.0. The van der Waals surface area contributed by atoms with Crippen molar-refractivity contribution in [3.63, 3.8) is 0 Å². The van der Waals surface area contributed by atoms with Crippen molar-refractivity contribution in [3.05, 3.63) is 35.4 Å². The van der Waals surface area contributed by atoms with Crippen LogP contribution in [0.15, 0.2) is 29.3 Å². The Labute approximate surface area is 163 Å². The quantitative estimate of drug-likeness (QED) is 0.401. The minimum atomic E-state index is 0. The van der Waals surface area contributed by atoms with Gasteiger partial charge in [0.1, 0.15) is 0 Å². The number of halogens is 1. The Bertz CT molecular complexity index is 515. The fourth-order valence-electron chi connectivity index (χ4n) is 2.76. The lowest BCUT2D eigenvalue weighted by Crippen LogP contribution is -2.45. The van der Waals surface area contributed by atoms with Gasteiger partial charge in [-0.1, -0.05) is 43.7 Å². The largest absolute Gasteiger partial charge is 0.379 e. The van der Waals surface area contributed by atoms with E-state index in [9.17, 15) is 0 Å². The molecule has 1 aliphatic heterocycles. The molecule has 6 heteroatoms. The first-order valence-electron chi connectivity index (χ1n) is 8.48. The number of aliphatic imine (C=N–C) groups is 1. The molecule has 0 aliphatic carbocycles. The fourth-order valence-corrected chi connectivity index (χ4v) is 2.76. The number of hydrogen-bond donors (Lipinski definition) is 2. The molecule has 0 amide bonds. The zero-order chi connectivity index (χ0) is 16.7. The standard InChI is InChI=1S/C18H30N4O.HI/c1-14(2)12-20-18(19)21-13-17(22-7-9-23-10-8-22)16-6-4-5-15(3)11-16;/h4-6,11,14,17H,7-10,12-13H2,1-3H3,(H3,19,20,21);1H. The molecule has 1 heterocycles. The Balaban J connectivity index is 0.00000288. The molecule has 1 aromatic rings. The number of nitrogens with one attached hydrogen (secondary N) is 1. The van der Waals surface area contributed by atoms with Crippen LogP contribution in [0.4, 0.5) is 0 Å². The van der Waals surface area contributed by atoms with Gasteiger partial charge in [0.05, 0.1) is 19.3 Å². The van der Waals surface area contributed by atoms with E-state index in [1.807, 2.05) is 0 Å². The van der Waals surface area contributed by atoms with Gasteiger partial charge >= 0.3 is 0 Å². The SMILES string of the molecule is Cc1cccc(C(CNC(N)=NCC(C)C)N2CCOCC2)c1.I. The number of rotatable bonds is 6. The Morgan fingerprint density at radius 1 is 1.33 bits per heavy atom. The van der Waals surface area contributed by atoms with Crippen LogP contribution in [0.2, 0.25) is 0 Å². The number of nitrogens with two attached hydrogens (primary N) is 1. The van der Waals surface area contributed by atoms with Crippen LogP contribution in [0.3, 0.4) is 0 Å². The molecular weight excluding hydrogens is 415 g/mol. The zero-order valence-corrected chi connectivity index (χ0v) is 17.3. The number of hydrogen-bond acceptors (Lipinski definition) is 3. The Morgan fingerprint density at radius 2 is 2.04 bits per heavy atom. The summed E-state index contributed by atoms with van der Waals surface area (Å²) < 4.78 is 5.49. The van der Waals surface area contributed by atoms with Gasteiger partial charge in [-0.2, -0.15) is 0 Å². The van der Waals surface area contributed by atoms with Crippen molar-refractivity contribution in [1.82, 2.24) is 10.2 Å². The molecule has 1 aromatic carbocycles. The summed E-state index contributed by atoms with van der Waals surface area (Å²) in [5, 5.41) is 3.30. The molecule has 1 fully saturated rings. The molecule has 5 nitrogen and oxygen atoms in total. The lowest BCUT2D eigenvalue weighted by molar-refractivity contribution is 0.0170. The maximum atomic E-state index is 6.00. The summed E-state index contributed by atoms with van der Waals surface area (Å²) in [7, 11) is 0. The van der Waals surface area contributed by atoms with Crippen LogP contribution in [-0.2, 0) is 4.74 Å². The highest BCUT2D eigenvalue weighted by Crippen LogP contribution is 2.22. The number of guanidine groups is 1. The Morgan fingerprint density at radius 3 is 2.67 bits per heavy atom. The Hall–Kier alpha value is -0.860. The fraction of sp³-hybridized carbons (Fsp3) is 0.611. The van der Waals surface area contributed by atoms with Crippen molar-refractivity contribution in [1.29, 1.82) is 0 Å². The van der Waals surface area contributed by atoms with Crippen molar-refractivity contribution in [3.8, 4) is 0 Å². The molecule has 0 saturated carbocycles. The van der Waals surface area contributed by atoms with Crippen LogP contribution in [0.1, 0.15) is 31.0 Å². The van der Waals surface area contributed by atoms with Gasteiger partial charge in [0.25, 0.3) is 0 Å². The predicted octanol–water partition coefficient (Wildman–Crippen LogP) is 2.55. The first kappa shape index (κ1) is 21.2. The first-order valence-corrected chi connectivity index (χ1v) is 8.48. The van der Waals surface area contributed by atoms with Crippen molar-refractivity contribution >= 4 is 29.9 Å². The summed E-state index contributed by atoms with van der Waals surface area (Å²) in [6.45, 7) is 11.4. The molecule has 2 rings (SSSR count). The van der Waals surface area contributed by atoms with Crippen molar-refractivity contribution in [2.45, 2.75) is 26.8 Å². The summed E-state index contributed by atoms with van der Waals surface area (Å²) in [5.41, 5.74) is 8.60. The smallest absolute Gasteiger partial charge is 0.188 e. The van der Waals surface area contributed by atoms with Crippen LogP contribution in [0.5, 0.6) is 0 Å². The molecule has 1 unspecified atom stereocenters. The molecule has 3 N–H and O–H groups in total. The van der Waals surface area contributed by atoms with Crippen LogP contribution in [-0.4, -0.2) is 50.3 Å². The van der Waals surface area contributed by atoms with E-state index in [4.69, 9.17) is 10.5 Å². The number of aryl methyl sites for hydroxylation is 1. The van der Waals surface area contributed by atoms with E-state index >= 15 is 0 Å². The van der Waals surface area contributed by atoms with Gasteiger partial charge in [-0.05, 0) is 18.4 Å². The maximum Gasteiger partial charge on any atom is 0.188 e. The second-order valence-electron chi connectivity index (χ2n) is 6.58. The summed E-state index contributed by atoms with van der Waals surface area (Å²) in [6, 6.07) is 8.98. The number of morpholine rings is 1. The van der Waals surface area contributed by atoms with Gasteiger partial charge in [-0.3, -0.25) is 9.89 Å². The maximum absolute atomic E-state index is 6.00. The van der Waals surface area contributed by atoms with E-state index in [2.05, 4.69) is 60.2 Å². The number of benzene rings is 1. The molecule has 24 heavy (non-hydrogen) atoms. The van der Waals surface area contributed by atoms with Crippen LogP contribution in [0.25, 0.3) is 0 Å². The van der Waals surface area contributed by atoms with Crippen LogP contribution in [0, 0.1) is 12.8 Å². The lowest BCUT2D eigenvalue weighted by atomic mass is 10.0. The third-order valence-electron chi connectivity index (χ3n) is 4.02. The van der Waals surface area contributed by atoms with Crippen molar-refractivity contribution < 1.29 is 4.74 Å². The molecule has 136 valence electrons. The van der Waals surface area contributed by atoms with Gasteiger partial charge < -0.3 is 15.8 Å². The lowest BCUT2D eigenvalue weighted by Gasteiger charge is -2.35. The van der Waals surface area contributed by atoms with Crippen molar-refractivity contribution in [2.24, 2.45) is 16.6 Å². The van der Waals surface area contributed by atoms with E-state index in [0.717, 1.165) is 39.4 Å². The predicted molar refractivity (Wildman–Crippen MR) is 111 cm³/mol. The van der Waals surface area contributed by atoms with Crippen LogP contribution >= 0.6 is 24.0 Å². The van der Waals surface area contributed by atoms with E-state index < -0.39 is 0 Å². The highest BCUT2D eigenvalue weighted by atomic mass is 127. The number of ether oxygens (including phenoxy) is 1. The first-order chi connectivity index (χ1) is 11.1. The molecule has 1 atom stereocenters. The second kappa shape index (κ2) is 10.9. The van der Waals surface area contributed by atoms with E-state index in [1.54, 1.807) is 0 Å². The van der Waals surface area contributed by atoms with Gasteiger partial charge in [-0.25, -0.2) is 0 Å². The second-order valence-corrected chi connectivity index (χ2v) is 6.58. The minimum absolute atomic E-state index is 0. The third kappa shape index (κ3) is 6.94.